The molecular weight excluding hydrogens is 440 g/mol. The smallest absolute Gasteiger partial charge is 0.317 e. The van der Waals surface area contributed by atoms with E-state index in [4.69, 9.17) is 20.4 Å². The van der Waals surface area contributed by atoms with E-state index in [-0.39, 0.29) is 24.5 Å². The third-order valence-corrected chi connectivity index (χ3v) is 3.42. The number of carboxylic acids is 4. The molecule has 16 nitrogen and oxygen atoms in total. The van der Waals surface area contributed by atoms with Crippen LogP contribution in [0, 0.1) is 20.2 Å². The largest absolute Gasteiger partial charge is 0.480 e. The second kappa shape index (κ2) is 13.9. The Morgan fingerprint density at radius 3 is 1.19 bits per heavy atom. The van der Waals surface area contributed by atoms with Crippen LogP contribution in [0.3, 0.4) is 0 Å². The first-order valence-electron chi connectivity index (χ1n) is 8.52. The van der Waals surface area contributed by atoms with E-state index in [9.17, 15) is 39.4 Å². The summed E-state index contributed by atoms with van der Waals surface area (Å²) in [6, 6.07) is 4.59. The van der Waals surface area contributed by atoms with Gasteiger partial charge in [-0.25, -0.2) is 0 Å². The monoisotopic (exact) mass is 460 g/mol. The molecule has 1 rings (SSSR count). The Kier molecular flexibility index (Phi) is 12.1. The van der Waals surface area contributed by atoms with Crippen LogP contribution >= 0.6 is 0 Å². The van der Waals surface area contributed by atoms with Crippen molar-refractivity contribution in [2.75, 3.05) is 39.3 Å². The van der Waals surface area contributed by atoms with E-state index in [2.05, 4.69) is 0 Å². The fraction of sp³-hybridized carbons (Fsp3) is 0.375. The quantitative estimate of drug-likeness (QED) is 0.213. The maximum absolute atomic E-state index is 10.6. The predicted octanol–water partition coefficient (Wildman–Crippen LogP) is -0.568. The van der Waals surface area contributed by atoms with Crippen molar-refractivity contribution in [2.24, 2.45) is 0 Å². The summed E-state index contributed by atoms with van der Waals surface area (Å²) in [7, 11) is 0. The van der Waals surface area contributed by atoms with Gasteiger partial charge in [-0.15, -0.1) is 0 Å². The van der Waals surface area contributed by atoms with Crippen LogP contribution < -0.4 is 0 Å². The molecular formula is C16H20N4O12. The highest BCUT2D eigenvalue weighted by Crippen LogP contribution is 2.18. The molecule has 0 unspecified atom stereocenters. The van der Waals surface area contributed by atoms with Crippen LogP contribution in [0.5, 0.6) is 0 Å². The van der Waals surface area contributed by atoms with Gasteiger partial charge in [-0.1, -0.05) is 0 Å². The lowest BCUT2D eigenvalue weighted by atomic mass is 10.3. The second-order valence-corrected chi connectivity index (χ2v) is 6.03. The van der Waals surface area contributed by atoms with Gasteiger partial charge >= 0.3 is 23.9 Å². The number of rotatable bonds is 13. The maximum Gasteiger partial charge on any atom is 0.317 e. The molecule has 0 radical (unpaired) electrons. The van der Waals surface area contributed by atoms with Crippen molar-refractivity contribution >= 4 is 35.3 Å². The molecule has 1 aromatic carbocycles. The zero-order valence-electron chi connectivity index (χ0n) is 16.4. The van der Waals surface area contributed by atoms with Crippen LogP contribution in [-0.4, -0.2) is 103 Å². The highest BCUT2D eigenvalue weighted by molar-refractivity contribution is 5.73. The summed E-state index contributed by atoms with van der Waals surface area (Å²) < 4.78 is 0. The Morgan fingerprint density at radius 1 is 0.688 bits per heavy atom. The van der Waals surface area contributed by atoms with Crippen molar-refractivity contribution in [2.45, 2.75) is 0 Å². The molecule has 0 spiro atoms. The van der Waals surface area contributed by atoms with Crippen LogP contribution in [0.25, 0.3) is 0 Å². The first-order valence-corrected chi connectivity index (χ1v) is 8.52. The van der Waals surface area contributed by atoms with E-state index in [1.165, 1.54) is 18.2 Å². The molecule has 0 heterocycles. The topological polar surface area (TPSA) is 242 Å². The number of carbonyl (C=O) groups is 4. The lowest BCUT2D eigenvalue weighted by molar-refractivity contribution is -0.394. The van der Waals surface area contributed by atoms with Crippen LogP contribution in [0.1, 0.15) is 0 Å². The summed E-state index contributed by atoms with van der Waals surface area (Å²) in [6.07, 6.45) is 0. The molecule has 0 amide bonds. The van der Waals surface area contributed by atoms with Gasteiger partial charge in [0.1, 0.15) is 0 Å². The van der Waals surface area contributed by atoms with Gasteiger partial charge in [0, 0.05) is 25.2 Å². The van der Waals surface area contributed by atoms with E-state index in [1.54, 1.807) is 0 Å². The zero-order valence-corrected chi connectivity index (χ0v) is 16.4. The maximum atomic E-state index is 10.6. The predicted molar refractivity (Wildman–Crippen MR) is 103 cm³/mol. The Morgan fingerprint density at radius 2 is 0.969 bits per heavy atom. The molecule has 0 atom stereocenters. The molecule has 0 saturated carbocycles. The molecule has 0 bridgehead atoms. The minimum absolute atomic E-state index is 0.0703. The van der Waals surface area contributed by atoms with Gasteiger partial charge in [0.2, 0.25) is 0 Å². The van der Waals surface area contributed by atoms with Crippen LogP contribution in [0.4, 0.5) is 11.4 Å². The average molecular weight is 460 g/mol. The fourth-order valence-corrected chi connectivity index (χ4v) is 2.20. The van der Waals surface area contributed by atoms with E-state index >= 15 is 0 Å². The first-order chi connectivity index (χ1) is 14.8. The first kappa shape index (κ1) is 27.8. The van der Waals surface area contributed by atoms with E-state index < -0.39 is 59.9 Å². The van der Waals surface area contributed by atoms with Gasteiger partial charge in [0.25, 0.3) is 11.4 Å². The summed E-state index contributed by atoms with van der Waals surface area (Å²) in [6.45, 7) is -2.25. The van der Waals surface area contributed by atoms with Crippen molar-refractivity contribution in [3.05, 3.63) is 44.5 Å². The molecule has 1 aromatic rings. The number of benzene rings is 1. The number of carboxylic acid groups (broad SMARTS) is 4. The summed E-state index contributed by atoms with van der Waals surface area (Å²) >= 11 is 0. The minimum atomic E-state index is -1.23. The summed E-state index contributed by atoms with van der Waals surface area (Å²) in [5, 5.41) is 54.8. The Balaban J connectivity index is 0.000000677. The summed E-state index contributed by atoms with van der Waals surface area (Å²) in [5.74, 6) is -4.91. The average Bonchev–Trinajstić information content (AvgIpc) is 2.64. The molecule has 0 fully saturated rings. The lowest BCUT2D eigenvalue weighted by Crippen LogP contribution is -2.43. The zero-order chi connectivity index (χ0) is 24.8. The standard InChI is InChI=1S/C10H16N2O8.C6H4N2O4/c13-7(14)3-11(4-8(15)16)1-2-12(5-9(17)18)6-10(19)20;9-7(10)5-2-1-3-6(4-5)8(11)12/h1-6H2,(H,13,14)(H,15,16)(H,17,18)(H,19,20);1-4H. The Hall–Kier alpha value is -4.18. The second-order valence-electron chi connectivity index (χ2n) is 6.03. The highest BCUT2D eigenvalue weighted by atomic mass is 16.6. The van der Waals surface area contributed by atoms with Gasteiger partial charge in [-0.05, 0) is 6.07 Å². The number of nitrogens with zero attached hydrogens (tertiary/aromatic N) is 4. The molecule has 0 saturated heterocycles. The number of non-ortho nitro benzene ring substituents is 2. The third-order valence-electron chi connectivity index (χ3n) is 3.42. The number of hydrogen-bond acceptors (Lipinski definition) is 10. The molecule has 16 heteroatoms. The SMILES string of the molecule is O=C(O)CN(CCN(CC(=O)O)CC(=O)O)CC(=O)O.O=[N+]([O-])c1cccc([N+](=O)[O-])c1. The Bertz CT molecular complexity index is 762. The third kappa shape index (κ3) is 13.1. The number of aliphatic carboxylic acids is 4. The van der Waals surface area contributed by atoms with Crippen LogP contribution in [-0.2, 0) is 19.2 Å². The van der Waals surface area contributed by atoms with Gasteiger partial charge < -0.3 is 20.4 Å². The van der Waals surface area contributed by atoms with Crippen LogP contribution in [0.15, 0.2) is 24.3 Å². The molecule has 4 N–H and O–H groups in total. The van der Waals surface area contributed by atoms with Crippen molar-refractivity contribution in [3.63, 3.8) is 0 Å². The van der Waals surface area contributed by atoms with Gasteiger partial charge in [-0.2, -0.15) is 0 Å². The summed E-state index contributed by atoms with van der Waals surface area (Å²) in [4.78, 5) is 63.3. The number of hydrogen-bond donors (Lipinski definition) is 4. The molecule has 0 aliphatic heterocycles. The fourth-order valence-electron chi connectivity index (χ4n) is 2.20. The van der Waals surface area contributed by atoms with Crippen molar-refractivity contribution in [1.82, 2.24) is 9.80 Å². The molecule has 0 aliphatic carbocycles. The van der Waals surface area contributed by atoms with E-state index in [1.807, 2.05) is 0 Å². The molecule has 0 aliphatic rings. The van der Waals surface area contributed by atoms with Crippen molar-refractivity contribution in [1.29, 1.82) is 0 Å². The van der Waals surface area contributed by atoms with Crippen molar-refractivity contribution < 1.29 is 49.5 Å². The van der Waals surface area contributed by atoms with Gasteiger partial charge in [0.15, 0.2) is 0 Å². The molecule has 32 heavy (non-hydrogen) atoms. The lowest BCUT2D eigenvalue weighted by Gasteiger charge is -2.23. The molecule has 176 valence electrons. The van der Waals surface area contributed by atoms with Gasteiger partial charge in [-0.3, -0.25) is 49.2 Å². The van der Waals surface area contributed by atoms with Crippen LogP contribution in [0.2, 0.25) is 0 Å². The van der Waals surface area contributed by atoms with E-state index in [0.717, 1.165) is 15.9 Å². The number of nitro benzene ring substituents is 2. The molecule has 0 aromatic heterocycles. The van der Waals surface area contributed by atoms with Gasteiger partial charge in [0.05, 0.1) is 42.1 Å². The minimum Gasteiger partial charge on any atom is -0.480 e. The summed E-state index contributed by atoms with van der Waals surface area (Å²) in [5.41, 5.74) is -0.548. The Labute approximate surface area is 179 Å². The van der Waals surface area contributed by atoms with E-state index in [0.29, 0.717) is 0 Å². The normalized spacial score (nSPS) is 10.2. The van der Waals surface area contributed by atoms with Crippen molar-refractivity contribution in [3.8, 4) is 0 Å². The highest BCUT2D eigenvalue weighted by Gasteiger charge is 2.18. The number of nitro groups is 2.